The van der Waals surface area contributed by atoms with E-state index in [9.17, 15) is 4.79 Å². The Morgan fingerprint density at radius 3 is 2.81 bits per heavy atom. The number of hydrogen-bond acceptors (Lipinski definition) is 1. The van der Waals surface area contributed by atoms with Crippen LogP contribution in [0.5, 0.6) is 0 Å². The first-order valence-corrected chi connectivity index (χ1v) is 5.78. The van der Waals surface area contributed by atoms with Crippen LogP contribution in [0.4, 0.5) is 0 Å². The Morgan fingerprint density at radius 2 is 2.12 bits per heavy atom. The predicted octanol–water partition coefficient (Wildman–Crippen LogP) is 3.07. The highest BCUT2D eigenvalue weighted by molar-refractivity contribution is 6.35. The Balaban J connectivity index is 2.47. The maximum absolute atomic E-state index is 11.3. The summed E-state index contributed by atoms with van der Waals surface area (Å²) in [5.41, 5.74) is 3.08. The fourth-order valence-electron chi connectivity index (χ4n) is 1.92. The molecule has 0 saturated carbocycles. The van der Waals surface area contributed by atoms with E-state index in [4.69, 9.17) is 23.2 Å². The molecule has 2 rings (SSSR count). The molecule has 0 heterocycles. The van der Waals surface area contributed by atoms with Gasteiger partial charge in [-0.25, -0.2) is 0 Å². The highest BCUT2D eigenvalue weighted by Crippen LogP contribution is 2.38. The van der Waals surface area contributed by atoms with E-state index in [-0.39, 0.29) is 5.91 Å². The molecule has 0 atom stereocenters. The van der Waals surface area contributed by atoms with Crippen molar-refractivity contribution in [3.63, 3.8) is 0 Å². The van der Waals surface area contributed by atoms with Gasteiger partial charge in [0.2, 0.25) is 5.91 Å². The quantitative estimate of drug-likeness (QED) is 0.768. The van der Waals surface area contributed by atoms with Crippen molar-refractivity contribution in [1.82, 2.24) is 5.32 Å². The van der Waals surface area contributed by atoms with Gasteiger partial charge in [-0.1, -0.05) is 23.2 Å². The molecular formula is C12H11Cl2NO. The average molecular weight is 256 g/mol. The predicted molar refractivity (Wildman–Crippen MR) is 66.8 cm³/mol. The van der Waals surface area contributed by atoms with Crippen LogP contribution >= 0.6 is 23.2 Å². The number of halogens is 2. The van der Waals surface area contributed by atoms with Gasteiger partial charge in [-0.3, -0.25) is 4.79 Å². The van der Waals surface area contributed by atoms with Crippen molar-refractivity contribution in [2.45, 2.75) is 12.8 Å². The Kier molecular flexibility index (Phi) is 3.22. The normalized spacial score (nSPS) is 16.3. The smallest absolute Gasteiger partial charge is 0.244 e. The summed E-state index contributed by atoms with van der Waals surface area (Å²) >= 11 is 12.1. The number of fused-ring (bicyclic) bond motifs is 1. The van der Waals surface area contributed by atoms with E-state index >= 15 is 0 Å². The van der Waals surface area contributed by atoms with Gasteiger partial charge in [0, 0.05) is 23.2 Å². The molecule has 0 radical (unpaired) electrons. The van der Waals surface area contributed by atoms with Crippen LogP contribution in [-0.2, 0) is 11.2 Å². The van der Waals surface area contributed by atoms with Gasteiger partial charge in [0.05, 0.1) is 0 Å². The third-order valence-electron chi connectivity index (χ3n) is 2.70. The van der Waals surface area contributed by atoms with Crippen molar-refractivity contribution >= 4 is 34.7 Å². The molecular weight excluding hydrogens is 245 g/mol. The molecule has 16 heavy (non-hydrogen) atoms. The van der Waals surface area contributed by atoms with Gasteiger partial charge in [-0.15, -0.1) is 0 Å². The number of hydrogen-bond donors (Lipinski definition) is 1. The number of carbonyl (C=O) groups is 1. The minimum absolute atomic E-state index is 0.0982. The Bertz CT molecular complexity index is 480. The number of nitrogens with one attached hydrogen (secondary N) is 1. The Morgan fingerprint density at radius 1 is 1.38 bits per heavy atom. The standard InChI is InChI=1S/C12H11Cl2NO/c1-15-12(16)4-7-2-3-9-10(7)5-8(13)6-11(9)14/h4-6H,2-3H2,1H3,(H,15,16)/b7-4+. The molecule has 0 aromatic heterocycles. The molecule has 4 heteroatoms. The molecule has 1 aromatic rings. The SMILES string of the molecule is CNC(=O)/C=C1\CCc2c(Cl)cc(Cl)cc21. The van der Waals surface area contributed by atoms with Crippen LogP contribution in [0.15, 0.2) is 18.2 Å². The van der Waals surface area contributed by atoms with Gasteiger partial charge in [-0.2, -0.15) is 0 Å². The van der Waals surface area contributed by atoms with E-state index < -0.39 is 0 Å². The minimum atomic E-state index is -0.0982. The van der Waals surface area contributed by atoms with Crippen LogP contribution in [0.25, 0.3) is 5.57 Å². The fourth-order valence-corrected chi connectivity index (χ4v) is 2.51. The number of amides is 1. The number of allylic oxidation sites excluding steroid dienone is 1. The molecule has 0 spiro atoms. The summed E-state index contributed by atoms with van der Waals surface area (Å²) in [5, 5.41) is 3.86. The molecule has 1 N–H and O–H groups in total. The number of likely N-dealkylation sites (N-methyl/N-ethyl adjacent to an activating group) is 1. The van der Waals surface area contributed by atoms with E-state index in [1.54, 1.807) is 19.2 Å². The van der Waals surface area contributed by atoms with E-state index in [0.717, 1.165) is 29.5 Å². The molecule has 0 unspecified atom stereocenters. The summed E-state index contributed by atoms with van der Waals surface area (Å²) in [5.74, 6) is -0.0982. The van der Waals surface area contributed by atoms with Crippen LogP contribution in [-0.4, -0.2) is 13.0 Å². The van der Waals surface area contributed by atoms with Crippen LogP contribution in [0.2, 0.25) is 10.0 Å². The molecule has 0 saturated heterocycles. The summed E-state index contributed by atoms with van der Waals surface area (Å²) in [6.45, 7) is 0. The zero-order valence-electron chi connectivity index (χ0n) is 8.81. The summed E-state index contributed by atoms with van der Waals surface area (Å²) in [6.07, 6.45) is 3.31. The van der Waals surface area contributed by atoms with Crippen LogP contribution in [0.3, 0.4) is 0 Å². The first-order chi connectivity index (χ1) is 7.61. The molecule has 2 nitrogen and oxygen atoms in total. The van der Waals surface area contributed by atoms with Crippen LogP contribution in [0.1, 0.15) is 17.5 Å². The highest BCUT2D eigenvalue weighted by Gasteiger charge is 2.20. The molecule has 0 fully saturated rings. The van der Waals surface area contributed by atoms with E-state index in [0.29, 0.717) is 10.0 Å². The van der Waals surface area contributed by atoms with Gasteiger partial charge in [0.1, 0.15) is 0 Å². The number of benzene rings is 1. The largest absolute Gasteiger partial charge is 0.356 e. The second kappa shape index (κ2) is 4.48. The maximum atomic E-state index is 11.3. The number of rotatable bonds is 1. The molecule has 1 aliphatic rings. The topological polar surface area (TPSA) is 29.1 Å². The van der Waals surface area contributed by atoms with Crippen molar-refractivity contribution in [3.8, 4) is 0 Å². The molecule has 84 valence electrons. The lowest BCUT2D eigenvalue weighted by Crippen LogP contribution is -2.14. The zero-order chi connectivity index (χ0) is 11.7. The lowest BCUT2D eigenvalue weighted by atomic mass is 10.1. The lowest BCUT2D eigenvalue weighted by Gasteiger charge is -2.04. The zero-order valence-corrected chi connectivity index (χ0v) is 10.3. The molecule has 1 aromatic carbocycles. The molecule has 1 aliphatic carbocycles. The van der Waals surface area contributed by atoms with E-state index in [1.165, 1.54) is 0 Å². The van der Waals surface area contributed by atoms with Crippen molar-refractivity contribution in [2.75, 3.05) is 7.05 Å². The third kappa shape index (κ3) is 2.08. The molecule has 0 aliphatic heterocycles. The van der Waals surface area contributed by atoms with Gasteiger partial charge in [0.25, 0.3) is 0 Å². The van der Waals surface area contributed by atoms with Gasteiger partial charge >= 0.3 is 0 Å². The van der Waals surface area contributed by atoms with Crippen molar-refractivity contribution in [2.24, 2.45) is 0 Å². The highest BCUT2D eigenvalue weighted by atomic mass is 35.5. The van der Waals surface area contributed by atoms with Crippen molar-refractivity contribution < 1.29 is 4.79 Å². The van der Waals surface area contributed by atoms with Gasteiger partial charge < -0.3 is 5.32 Å². The van der Waals surface area contributed by atoms with Crippen LogP contribution in [0, 0.1) is 0 Å². The van der Waals surface area contributed by atoms with Gasteiger partial charge in [-0.05, 0) is 41.7 Å². The third-order valence-corrected chi connectivity index (χ3v) is 3.26. The molecule has 1 amide bonds. The van der Waals surface area contributed by atoms with Crippen molar-refractivity contribution in [1.29, 1.82) is 0 Å². The summed E-state index contributed by atoms with van der Waals surface area (Å²) < 4.78 is 0. The summed E-state index contributed by atoms with van der Waals surface area (Å²) in [7, 11) is 1.61. The first kappa shape index (κ1) is 11.5. The Labute approximate surface area is 104 Å². The lowest BCUT2D eigenvalue weighted by molar-refractivity contribution is -0.116. The minimum Gasteiger partial charge on any atom is -0.356 e. The fraction of sp³-hybridized carbons (Fsp3) is 0.250. The maximum Gasteiger partial charge on any atom is 0.244 e. The summed E-state index contributed by atoms with van der Waals surface area (Å²) in [4.78, 5) is 11.3. The Hall–Kier alpha value is -0.990. The van der Waals surface area contributed by atoms with Crippen LogP contribution < -0.4 is 5.32 Å². The average Bonchev–Trinajstić information content (AvgIpc) is 2.61. The summed E-state index contributed by atoms with van der Waals surface area (Å²) in [6, 6.07) is 3.61. The van der Waals surface area contributed by atoms with Gasteiger partial charge in [0.15, 0.2) is 0 Å². The second-order valence-corrected chi connectivity index (χ2v) is 4.54. The second-order valence-electron chi connectivity index (χ2n) is 3.70. The van der Waals surface area contributed by atoms with Crippen molar-refractivity contribution in [3.05, 3.63) is 39.4 Å². The van der Waals surface area contributed by atoms with E-state index in [2.05, 4.69) is 5.32 Å². The number of carbonyl (C=O) groups excluding carboxylic acids is 1. The van der Waals surface area contributed by atoms with E-state index in [1.807, 2.05) is 6.07 Å². The monoisotopic (exact) mass is 255 g/mol. The molecule has 0 bridgehead atoms. The first-order valence-electron chi connectivity index (χ1n) is 5.02.